The Hall–Kier alpha value is -1.92. The molecule has 32 heavy (non-hydrogen) atoms. The summed E-state index contributed by atoms with van der Waals surface area (Å²) in [6.07, 6.45) is 4.54. The summed E-state index contributed by atoms with van der Waals surface area (Å²) in [5, 5.41) is 10.3. The zero-order valence-corrected chi connectivity index (χ0v) is 19.8. The van der Waals surface area contributed by atoms with E-state index in [0.717, 1.165) is 31.4 Å². The molecule has 1 aliphatic rings. The van der Waals surface area contributed by atoms with Crippen molar-refractivity contribution in [3.05, 3.63) is 65.7 Å². The summed E-state index contributed by atoms with van der Waals surface area (Å²) in [6, 6.07) is 18.6. The van der Waals surface area contributed by atoms with Crippen molar-refractivity contribution in [1.82, 2.24) is 9.80 Å². The average molecular weight is 441 g/mol. The van der Waals surface area contributed by atoms with Gasteiger partial charge in [0.25, 0.3) is 0 Å². The Morgan fingerprint density at radius 2 is 1.75 bits per heavy atom. The van der Waals surface area contributed by atoms with Crippen molar-refractivity contribution in [2.75, 3.05) is 47.0 Å². The molecule has 0 unspecified atom stereocenters. The largest absolute Gasteiger partial charge is 0.491 e. The van der Waals surface area contributed by atoms with Gasteiger partial charge in [0, 0.05) is 33.4 Å². The van der Waals surface area contributed by atoms with E-state index in [0.29, 0.717) is 13.2 Å². The summed E-state index contributed by atoms with van der Waals surface area (Å²) in [7, 11) is 3.81. The van der Waals surface area contributed by atoms with E-state index in [1.54, 1.807) is 7.11 Å². The van der Waals surface area contributed by atoms with Crippen LogP contribution in [0.3, 0.4) is 0 Å². The maximum Gasteiger partial charge on any atom is 0.119 e. The van der Waals surface area contributed by atoms with Gasteiger partial charge >= 0.3 is 0 Å². The van der Waals surface area contributed by atoms with E-state index in [4.69, 9.17) is 9.47 Å². The predicted molar refractivity (Wildman–Crippen MR) is 130 cm³/mol. The second-order valence-electron chi connectivity index (χ2n) is 9.15. The third-order valence-electron chi connectivity index (χ3n) is 6.26. The summed E-state index contributed by atoms with van der Waals surface area (Å²) in [4.78, 5) is 4.67. The fourth-order valence-corrected chi connectivity index (χ4v) is 4.46. The fraction of sp³-hybridized carbons (Fsp3) is 0.556. The Labute approximate surface area is 193 Å². The van der Waals surface area contributed by atoms with Gasteiger partial charge in [-0.2, -0.15) is 0 Å². The van der Waals surface area contributed by atoms with Gasteiger partial charge in [0.1, 0.15) is 18.5 Å². The van der Waals surface area contributed by atoms with Gasteiger partial charge in [0.05, 0.1) is 0 Å². The van der Waals surface area contributed by atoms with E-state index >= 15 is 0 Å². The first kappa shape index (κ1) is 24.7. The van der Waals surface area contributed by atoms with Gasteiger partial charge in [-0.3, -0.25) is 9.80 Å². The molecule has 1 saturated heterocycles. The van der Waals surface area contributed by atoms with Gasteiger partial charge in [-0.15, -0.1) is 0 Å². The summed E-state index contributed by atoms with van der Waals surface area (Å²) in [6.45, 7) is 5.94. The lowest BCUT2D eigenvalue weighted by Gasteiger charge is -2.32. The number of piperidine rings is 1. The summed E-state index contributed by atoms with van der Waals surface area (Å²) >= 11 is 0. The lowest BCUT2D eigenvalue weighted by molar-refractivity contribution is 0.0744. The predicted octanol–water partition coefficient (Wildman–Crippen LogP) is 4.20. The minimum Gasteiger partial charge on any atom is -0.491 e. The van der Waals surface area contributed by atoms with Crippen LogP contribution in [-0.2, 0) is 17.8 Å². The molecule has 0 radical (unpaired) electrons. The molecule has 1 atom stereocenters. The van der Waals surface area contributed by atoms with Crippen molar-refractivity contribution in [3.63, 3.8) is 0 Å². The first-order valence-electron chi connectivity index (χ1n) is 12.0. The van der Waals surface area contributed by atoms with Crippen molar-refractivity contribution < 1.29 is 14.6 Å². The Kier molecular flexibility index (Phi) is 10.5. The highest BCUT2D eigenvalue weighted by atomic mass is 16.5. The van der Waals surface area contributed by atoms with Crippen LogP contribution in [0.4, 0.5) is 0 Å². The number of benzene rings is 2. The normalized spacial score (nSPS) is 16.4. The lowest BCUT2D eigenvalue weighted by atomic mass is 9.92. The van der Waals surface area contributed by atoms with Crippen LogP contribution in [0.15, 0.2) is 54.6 Å². The number of nitrogens with zero attached hydrogens (tertiary/aromatic N) is 2. The zero-order chi connectivity index (χ0) is 22.6. The Morgan fingerprint density at radius 1 is 1.03 bits per heavy atom. The molecule has 0 aliphatic carbocycles. The van der Waals surface area contributed by atoms with E-state index in [1.807, 2.05) is 37.4 Å². The van der Waals surface area contributed by atoms with Crippen molar-refractivity contribution >= 4 is 0 Å². The molecule has 5 heteroatoms. The van der Waals surface area contributed by atoms with Gasteiger partial charge in [0.2, 0.25) is 0 Å². The van der Waals surface area contributed by atoms with Crippen LogP contribution in [0.5, 0.6) is 5.75 Å². The Bertz CT molecular complexity index is 745. The van der Waals surface area contributed by atoms with Crippen LogP contribution in [0, 0.1) is 5.92 Å². The second-order valence-corrected chi connectivity index (χ2v) is 9.15. The van der Waals surface area contributed by atoms with E-state index < -0.39 is 6.10 Å². The zero-order valence-electron chi connectivity index (χ0n) is 19.8. The fourth-order valence-electron chi connectivity index (χ4n) is 4.46. The summed E-state index contributed by atoms with van der Waals surface area (Å²) in [5.41, 5.74) is 2.56. The van der Waals surface area contributed by atoms with Crippen molar-refractivity contribution in [3.8, 4) is 5.75 Å². The molecule has 1 fully saturated rings. The number of likely N-dealkylation sites (N-methyl/N-ethyl adjacent to an activating group) is 1. The molecule has 3 rings (SSSR count). The molecule has 0 bridgehead atoms. The number of aliphatic hydroxyl groups excluding tert-OH is 1. The van der Waals surface area contributed by atoms with Crippen LogP contribution in [0.25, 0.3) is 0 Å². The number of aliphatic hydroxyl groups is 1. The standard InChI is InChI=1S/C27H40N2O3/c1-28(19-24-7-4-3-5-8-24)21-26(30)22-32-27-12-10-25(11-13-27)20-29-16-14-23(15-17-29)9-6-18-31-2/h3-5,7-8,10-13,23,26,30H,6,9,14-22H2,1-2H3/t26-/m0/s1. The molecule has 0 saturated carbocycles. The van der Waals surface area contributed by atoms with Crippen molar-refractivity contribution in [1.29, 1.82) is 0 Å². The van der Waals surface area contributed by atoms with Crippen molar-refractivity contribution in [2.24, 2.45) is 5.92 Å². The molecule has 0 spiro atoms. The Morgan fingerprint density at radius 3 is 2.44 bits per heavy atom. The van der Waals surface area contributed by atoms with E-state index in [1.165, 1.54) is 49.9 Å². The first-order valence-corrected chi connectivity index (χ1v) is 12.0. The third kappa shape index (κ3) is 8.91. The van der Waals surface area contributed by atoms with Crippen LogP contribution in [-0.4, -0.2) is 68.0 Å². The van der Waals surface area contributed by atoms with Crippen LogP contribution >= 0.6 is 0 Å². The minimum absolute atomic E-state index is 0.301. The highest BCUT2D eigenvalue weighted by Crippen LogP contribution is 2.23. The number of hydrogen-bond acceptors (Lipinski definition) is 5. The lowest BCUT2D eigenvalue weighted by Crippen LogP contribution is -2.33. The summed E-state index contributed by atoms with van der Waals surface area (Å²) < 4.78 is 11.0. The topological polar surface area (TPSA) is 45.2 Å². The molecule has 1 N–H and O–H groups in total. The molecule has 1 aliphatic heterocycles. The molecule has 0 amide bonds. The SMILES string of the molecule is COCCCC1CCN(Cc2ccc(OC[C@@H](O)CN(C)Cc3ccccc3)cc2)CC1. The average Bonchev–Trinajstić information content (AvgIpc) is 2.80. The highest BCUT2D eigenvalue weighted by molar-refractivity contribution is 5.27. The van der Waals surface area contributed by atoms with Crippen molar-refractivity contribution in [2.45, 2.75) is 44.9 Å². The maximum absolute atomic E-state index is 10.3. The van der Waals surface area contributed by atoms with E-state index in [-0.39, 0.29) is 0 Å². The minimum atomic E-state index is -0.520. The van der Waals surface area contributed by atoms with Crippen LogP contribution in [0.1, 0.15) is 36.8 Å². The van der Waals surface area contributed by atoms with Crippen LogP contribution in [0.2, 0.25) is 0 Å². The highest BCUT2D eigenvalue weighted by Gasteiger charge is 2.19. The molecule has 176 valence electrons. The Balaban J connectivity index is 1.33. The van der Waals surface area contributed by atoms with E-state index in [9.17, 15) is 5.11 Å². The number of rotatable bonds is 13. The molecular formula is C27H40N2O3. The first-order chi connectivity index (χ1) is 15.6. The summed E-state index contributed by atoms with van der Waals surface area (Å²) in [5.74, 6) is 1.67. The third-order valence-corrected chi connectivity index (χ3v) is 6.26. The quantitative estimate of drug-likeness (QED) is 0.473. The molecule has 5 nitrogen and oxygen atoms in total. The molecule has 2 aromatic carbocycles. The monoisotopic (exact) mass is 440 g/mol. The number of methoxy groups -OCH3 is 1. The number of likely N-dealkylation sites (tertiary alicyclic amines) is 1. The van der Waals surface area contributed by atoms with Gasteiger partial charge in [0.15, 0.2) is 0 Å². The maximum atomic E-state index is 10.3. The van der Waals surface area contributed by atoms with Gasteiger partial charge < -0.3 is 14.6 Å². The van der Waals surface area contributed by atoms with E-state index in [2.05, 4.69) is 34.1 Å². The molecule has 2 aromatic rings. The molecule has 0 aromatic heterocycles. The number of ether oxygens (including phenoxy) is 2. The second kappa shape index (κ2) is 13.6. The van der Waals surface area contributed by atoms with Crippen LogP contribution < -0.4 is 4.74 Å². The number of hydrogen-bond donors (Lipinski definition) is 1. The molecule has 1 heterocycles. The van der Waals surface area contributed by atoms with Gasteiger partial charge in [-0.1, -0.05) is 42.5 Å². The smallest absolute Gasteiger partial charge is 0.119 e. The van der Waals surface area contributed by atoms with Gasteiger partial charge in [-0.25, -0.2) is 0 Å². The van der Waals surface area contributed by atoms with Gasteiger partial charge in [-0.05, 0) is 75.0 Å². The molecular weight excluding hydrogens is 400 g/mol.